The zero-order valence-corrected chi connectivity index (χ0v) is 8.82. The van der Waals surface area contributed by atoms with Crippen molar-refractivity contribution in [1.29, 1.82) is 0 Å². The SMILES string of the molecule is Br.Cl.O=c1ncc(Br)c[nH]1. The lowest BCUT2D eigenvalue weighted by Crippen LogP contribution is -2.06. The van der Waals surface area contributed by atoms with Gasteiger partial charge in [0.15, 0.2) is 0 Å². The Hall–Kier alpha value is 0.130. The molecule has 0 saturated carbocycles. The van der Waals surface area contributed by atoms with Crippen molar-refractivity contribution < 1.29 is 0 Å². The molecule has 0 spiro atoms. The molecule has 0 bridgehead atoms. The summed E-state index contributed by atoms with van der Waals surface area (Å²) < 4.78 is 0.775. The Morgan fingerprint density at radius 1 is 1.60 bits per heavy atom. The van der Waals surface area contributed by atoms with Gasteiger partial charge in [0.2, 0.25) is 0 Å². The molecule has 3 nitrogen and oxygen atoms in total. The lowest BCUT2D eigenvalue weighted by Gasteiger charge is -1.81. The summed E-state index contributed by atoms with van der Waals surface area (Å²) in [6.07, 6.45) is 2.98. The molecule has 1 aromatic heterocycles. The summed E-state index contributed by atoms with van der Waals surface area (Å²) in [5.41, 5.74) is -0.326. The first-order chi connectivity index (χ1) is 3.79. The zero-order chi connectivity index (χ0) is 5.98. The number of nitrogens with one attached hydrogen (secondary N) is 1. The van der Waals surface area contributed by atoms with E-state index in [1.807, 2.05) is 0 Å². The summed E-state index contributed by atoms with van der Waals surface area (Å²) in [6.45, 7) is 0. The first-order valence-corrected chi connectivity index (χ1v) is 2.78. The summed E-state index contributed by atoms with van der Waals surface area (Å²) in [7, 11) is 0. The second-order valence-corrected chi connectivity index (χ2v) is 2.15. The normalized spacial score (nSPS) is 7.30. The van der Waals surface area contributed by atoms with Gasteiger partial charge in [-0.1, -0.05) is 0 Å². The molecule has 0 atom stereocenters. The van der Waals surface area contributed by atoms with E-state index in [1.54, 1.807) is 0 Å². The predicted octanol–water partition coefficient (Wildman–Crippen LogP) is 1.53. The number of halogens is 3. The minimum atomic E-state index is -0.326. The van der Waals surface area contributed by atoms with Gasteiger partial charge in [-0.25, -0.2) is 9.78 Å². The highest BCUT2D eigenvalue weighted by molar-refractivity contribution is 9.10. The van der Waals surface area contributed by atoms with Gasteiger partial charge in [0, 0.05) is 12.4 Å². The summed E-state index contributed by atoms with van der Waals surface area (Å²) in [4.78, 5) is 16.0. The maximum atomic E-state index is 10.2. The third kappa shape index (κ3) is 4.03. The third-order valence-electron chi connectivity index (χ3n) is 0.639. The van der Waals surface area contributed by atoms with Crippen LogP contribution in [0.25, 0.3) is 0 Å². The topological polar surface area (TPSA) is 45.8 Å². The molecule has 58 valence electrons. The minimum absolute atomic E-state index is 0. The minimum Gasteiger partial charge on any atom is -0.312 e. The molecule has 0 fully saturated rings. The van der Waals surface area contributed by atoms with Gasteiger partial charge < -0.3 is 4.98 Å². The van der Waals surface area contributed by atoms with Crippen molar-refractivity contribution in [1.82, 2.24) is 9.97 Å². The predicted molar refractivity (Wildman–Crippen MR) is 50.1 cm³/mol. The van der Waals surface area contributed by atoms with Crippen LogP contribution in [0.3, 0.4) is 0 Å². The van der Waals surface area contributed by atoms with E-state index < -0.39 is 0 Å². The van der Waals surface area contributed by atoms with E-state index in [0.29, 0.717) is 0 Å². The fourth-order valence-electron chi connectivity index (χ4n) is 0.326. The standard InChI is InChI=1S/C4H3BrN2O.BrH.ClH/c5-3-1-6-4(8)7-2-3;;/h1-2H,(H,6,7,8);2*1H. The van der Waals surface area contributed by atoms with Crippen molar-refractivity contribution in [3.63, 3.8) is 0 Å². The van der Waals surface area contributed by atoms with Crippen LogP contribution in [0.5, 0.6) is 0 Å². The van der Waals surface area contributed by atoms with Crippen LogP contribution in [0.15, 0.2) is 21.7 Å². The Kier molecular flexibility index (Phi) is 7.51. The Bertz CT molecular complexity index is 218. The first kappa shape index (κ1) is 12.8. The Morgan fingerprint density at radius 3 is 2.50 bits per heavy atom. The molecule has 6 heteroatoms. The molecule has 0 radical (unpaired) electrons. The van der Waals surface area contributed by atoms with Crippen molar-refractivity contribution in [3.05, 3.63) is 27.4 Å². The molecule has 1 heterocycles. The number of hydrogen-bond donors (Lipinski definition) is 1. The quantitative estimate of drug-likeness (QED) is 0.788. The zero-order valence-electron chi connectivity index (χ0n) is 4.70. The molecule has 0 amide bonds. The molecule has 0 aliphatic heterocycles. The second kappa shape index (κ2) is 5.88. The highest BCUT2D eigenvalue weighted by Crippen LogP contribution is 1.99. The number of H-pyrrole nitrogens is 1. The van der Waals surface area contributed by atoms with Crippen LogP contribution in [-0.4, -0.2) is 9.97 Å². The highest BCUT2D eigenvalue weighted by Gasteiger charge is 1.82. The summed E-state index contributed by atoms with van der Waals surface area (Å²) in [5, 5.41) is 0. The van der Waals surface area contributed by atoms with E-state index in [-0.39, 0.29) is 35.1 Å². The van der Waals surface area contributed by atoms with Gasteiger partial charge in [-0.3, -0.25) is 0 Å². The first-order valence-electron chi connectivity index (χ1n) is 1.99. The Balaban J connectivity index is 0. The summed E-state index contributed by atoms with van der Waals surface area (Å²) in [5.74, 6) is 0. The van der Waals surface area contributed by atoms with E-state index in [9.17, 15) is 4.79 Å². The molecule has 1 N–H and O–H groups in total. The molecular weight excluding hydrogens is 287 g/mol. The van der Waals surface area contributed by atoms with Crippen molar-refractivity contribution in [2.45, 2.75) is 0 Å². The van der Waals surface area contributed by atoms with Crippen molar-refractivity contribution in [2.24, 2.45) is 0 Å². The van der Waals surface area contributed by atoms with Gasteiger partial charge in [0.05, 0.1) is 4.47 Å². The molecule has 0 aromatic carbocycles. The Labute approximate surface area is 82.6 Å². The molecular formula is C4H5Br2ClN2O. The van der Waals surface area contributed by atoms with Crippen LogP contribution in [0.2, 0.25) is 0 Å². The number of rotatable bonds is 0. The molecule has 0 unspecified atom stereocenters. The Morgan fingerprint density at radius 2 is 2.20 bits per heavy atom. The van der Waals surface area contributed by atoms with Crippen LogP contribution < -0.4 is 5.69 Å². The van der Waals surface area contributed by atoms with Crippen LogP contribution in [-0.2, 0) is 0 Å². The second-order valence-electron chi connectivity index (χ2n) is 1.24. The maximum Gasteiger partial charge on any atom is 0.344 e. The van der Waals surface area contributed by atoms with Gasteiger partial charge in [0.1, 0.15) is 0 Å². The number of aromatic nitrogens is 2. The molecule has 1 aromatic rings. The summed E-state index contributed by atoms with van der Waals surface area (Å²) >= 11 is 3.11. The molecule has 0 saturated heterocycles. The number of hydrogen-bond acceptors (Lipinski definition) is 2. The highest BCUT2D eigenvalue weighted by atomic mass is 79.9. The fourth-order valence-corrected chi connectivity index (χ4v) is 0.542. The van der Waals surface area contributed by atoms with Gasteiger partial charge in [0.25, 0.3) is 0 Å². The number of aromatic amines is 1. The van der Waals surface area contributed by atoms with Crippen LogP contribution in [0.1, 0.15) is 0 Å². The monoisotopic (exact) mass is 290 g/mol. The van der Waals surface area contributed by atoms with E-state index in [0.717, 1.165) is 4.47 Å². The lowest BCUT2D eigenvalue weighted by molar-refractivity contribution is 1.06. The maximum absolute atomic E-state index is 10.2. The van der Waals surface area contributed by atoms with Crippen molar-refractivity contribution >= 4 is 45.3 Å². The molecule has 10 heavy (non-hydrogen) atoms. The van der Waals surface area contributed by atoms with Crippen molar-refractivity contribution in [3.8, 4) is 0 Å². The molecule has 0 aliphatic rings. The third-order valence-corrected chi connectivity index (χ3v) is 1.07. The molecule has 1 rings (SSSR count). The van der Waals surface area contributed by atoms with Gasteiger partial charge in [-0.05, 0) is 15.9 Å². The average Bonchev–Trinajstić information content (AvgIpc) is 1.77. The van der Waals surface area contributed by atoms with Gasteiger partial charge in [-0.15, -0.1) is 29.4 Å². The molecule has 0 aliphatic carbocycles. The average molecular weight is 292 g/mol. The number of nitrogens with zero attached hydrogens (tertiary/aromatic N) is 1. The largest absolute Gasteiger partial charge is 0.344 e. The smallest absolute Gasteiger partial charge is 0.312 e. The van der Waals surface area contributed by atoms with Gasteiger partial charge >= 0.3 is 5.69 Å². The van der Waals surface area contributed by atoms with E-state index in [1.165, 1.54) is 12.4 Å². The van der Waals surface area contributed by atoms with E-state index in [2.05, 4.69) is 25.9 Å². The van der Waals surface area contributed by atoms with E-state index >= 15 is 0 Å². The van der Waals surface area contributed by atoms with E-state index in [4.69, 9.17) is 0 Å². The lowest BCUT2D eigenvalue weighted by atomic mass is 10.7. The summed E-state index contributed by atoms with van der Waals surface area (Å²) in [6, 6.07) is 0. The van der Waals surface area contributed by atoms with Crippen molar-refractivity contribution in [2.75, 3.05) is 0 Å². The van der Waals surface area contributed by atoms with Gasteiger partial charge in [-0.2, -0.15) is 0 Å². The van der Waals surface area contributed by atoms with Crippen LogP contribution in [0.4, 0.5) is 0 Å². The fraction of sp³-hybridized carbons (Fsp3) is 0. The van der Waals surface area contributed by atoms with Crippen LogP contribution >= 0.6 is 45.3 Å². The van der Waals surface area contributed by atoms with Crippen LogP contribution in [0, 0.1) is 0 Å².